The van der Waals surface area contributed by atoms with Crippen molar-refractivity contribution in [2.45, 2.75) is 12.2 Å². The van der Waals surface area contributed by atoms with Crippen molar-refractivity contribution in [1.82, 2.24) is 10.2 Å². The Labute approximate surface area is 165 Å². The topological polar surface area (TPSA) is 71.0 Å². The SMILES string of the molecule is CNCCOc1cccc(C(=O)N2C[C@@H](O)[C@H](Oc3ccccc3)C2)c1.Cl. The molecule has 1 heterocycles. The summed E-state index contributed by atoms with van der Waals surface area (Å²) in [4.78, 5) is 14.4. The van der Waals surface area contributed by atoms with Crippen LogP contribution in [0, 0.1) is 0 Å². The van der Waals surface area contributed by atoms with Crippen LogP contribution in [0.2, 0.25) is 0 Å². The van der Waals surface area contributed by atoms with Gasteiger partial charge in [-0.15, -0.1) is 12.4 Å². The first-order chi connectivity index (χ1) is 12.7. The summed E-state index contributed by atoms with van der Waals surface area (Å²) in [5, 5.41) is 13.3. The number of aliphatic hydroxyl groups excluding tert-OH is 1. The zero-order valence-corrected chi connectivity index (χ0v) is 16.0. The van der Waals surface area contributed by atoms with E-state index in [2.05, 4.69) is 5.32 Å². The standard InChI is InChI=1S/C20H24N2O4.ClH/c1-21-10-11-25-17-9-5-6-15(12-17)20(24)22-13-18(23)19(14-22)26-16-7-3-2-4-8-16;/h2-9,12,18-19,21,23H,10-11,13-14H2,1H3;1H/t18-,19-;/m1./s1. The van der Waals surface area contributed by atoms with Crippen LogP contribution in [0.25, 0.3) is 0 Å². The van der Waals surface area contributed by atoms with Crippen molar-refractivity contribution in [3.05, 3.63) is 60.2 Å². The van der Waals surface area contributed by atoms with Crippen molar-refractivity contribution >= 4 is 18.3 Å². The minimum Gasteiger partial charge on any atom is -0.492 e. The van der Waals surface area contributed by atoms with Gasteiger partial charge in [0, 0.05) is 12.1 Å². The van der Waals surface area contributed by atoms with Gasteiger partial charge < -0.3 is 24.8 Å². The van der Waals surface area contributed by atoms with Crippen LogP contribution < -0.4 is 14.8 Å². The zero-order valence-electron chi connectivity index (χ0n) is 15.2. The number of likely N-dealkylation sites (N-methyl/N-ethyl adjacent to an activating group) is 1. The summed E-state index contributed by atoms with van der Waals surface area (Å²) in [7, 11) is 1.86. The van der Waals surface area contributed by atoms with Crippen molar-refractivity contribution in [3.63, 3.8) is 0 Å². The summed E-state index contributed by atoms with van der Waals surface area (Å²) in [5.41, 5.74) is 0.541. The Morgan fingerprint density at radius 2 is 1.89 bits per heavy atom. The van der Waals surface area contributed by atoms with E-state index in [-0.39, 0.29) is 24.9 Å². The van der Waals surface area contributed by atoms with Crippen LogP contribution in [0.4, 0.5) is 0 Å². The Bertz CT molecular complexity index is 729. The lowest BCUT2D eigenvalue weighted by atomic mass is 10.2. The van der Waals surface area contributed by atoms with Crippen LogP contribution in [0.15, 0.2) is 54.6 Å². The first-order valence-corrected chi connectivity index (χ1v) is 8.74. The number of benzene rings is 2. The molecule has 27 heavy (non-hydrogen) atoms. The molecule has 2 aromatic rings. The smallest absolute Gasteiger partial charge is 0.254 e. The Balaban J connectivity index is 0.00000261. The van der Waals surface area contributed by atoms with E-state index in [0.29, 0.717) is 30.2 Å². The van der Waals surface area contributed by atoms with Gasteiger partial charge in [-0.1, -0.05) is 24.3 Å². The Kier molecular flexibility index (Phi) is 7.91. The van der Waals surface area contributed by atoms with Gasteiger partial charge in [0.05, 0.1) is 13.1 Å². The number of aliphatic hydroxyl groups is 1. The zero-order chi connectivity index (χ0) is 18.4. The highest BCUT2D eigenvalue weighted by molar-refractivity contribution is 5.94. The van der Waals surface area contributed by atoms with Gasteiger partial charge in [-0.3, -0.25) is 4.79 Å². The third-order valence-corrected chi connectivity index (χ3v) is 4.26. The second kappa shape index (κ2) is 10.2. The molecule has 146 valence electrons. The van der Waals surface area contributed by atoms with E-state index in [1.165, 1.54) is 0 Å². The number of amides is 1. The second-order valence-electron chi connectivity index (χ2n) is 6.23. The number of hydrogen-bond donors (Lipinski definition) is 2. The molecule has 0 radical (unpaired) electrons. The second-order valence-corrected chi connectivity index (χ2v) is 6.23. The van der Waals surface area contributed by atoms with E-state index in [9.17, 15) is 9.90 Å². The molecule has 1 fully saturated rings. The predicted octanol–water partition coefficient (Wildman–Crippen LogP) is 1.97. The van der Waals surface area contributed by atoms with Gasteiger partial charge in [0.15, 0.2) is 0 Å². The molecule has 6 nitrogen and oxygen atoms in total. The fourth-order valence-electron chi connectivity index (χ4n) is 2.88. The van der Waals surface area contributed by atoms with Gasteiger partial charge in [-0.05, 0) is 37.4 Å². The first-order valence-electron chi connectivity index (χ1n) is 8.74. The summed E-state index contributed by atoms with van der Waals surface area (Å²) >= 11 is 0. The molecule has 2 atom stereocenters. The molecule has 1 aliphatic rings. The van der Waals surface area contributed by atoms with Gasteiger partial charge in [0.25, 0.3) is 5.91 Å². The summed E-state index contributed by atoms with van der Waals surface area (Å²) in [6, 6.07) is 16.4. The van der Waals surface area contributed by atoms with Crippen molar-refractivity contribution in [3.8, 4) is 11.5 Å². The van der Waals surface area contributed by atoms with Crippen molar-refractivity contribution in [2.75, 3.05) is 33.3 Å². The number of rotatable bonds is 7. The van der Waals surface area contributed by atoms with Crippen LogP contribution in [0.1, 0.15) is 10.4 Å². The van der Waals surface area contributed by atoms with Crippen LogP contribution in [-0.4, -0.2) is 61.4 Å². The largest absolute Gasteiger partial charge is 0.492 e. The molecule has 1 saturated heterocycles. The lowest BCUT2D eigenvalue weighted by Crippen LogP contribution is -2.31. The fraction of sp³-hybridized carbons (Fsp3) is 0.350. The third kappa shape index (κ3) is 5.60. The number of para-hydroxylation sites is 1. The molecule has 0 aromatic heterocycles. The number of nitrogens with one attached hydrogen (secondary N) is 1. The van der Waals surface area contributed by atoms with Gasteiger partial charge in [0.1, 0.15) is 30.3 Å². The Hall–Kier alpha value is -2.28. The number of halogens is 1. The monoisotopic (exact) mass is 392 g/mol. The molecule has 1 amide bonds. The summed E-state index contributed by atoms with van der Waals surface area (Å²) in [5.74, 6) is 1.20. The van der Waals surface area contributed by atoms with Gasteiger partial charge in [-0.2, -0.15) is 0 Å². The number of carbonyl (C=O) groups is 1. The molecule has 7 heteroatoms. The quantitative estimate of drug-likeness (QED) is 0.705. The molecule has 1 aliphatic heterocycles. The molecular weight excluding hydrogens is 368 g/mol. The predicted molar refractivity (Wildman–Crippen MR) is 106 cm³/mol. The average Bonchev–Trinajstić information content (AvgIpc) is 3.03. The highest BCUT2D eigenvalue weighted by Gasteiger charge is 2.36. The molecular formula is C20H25ClN2O4. The molecule has 0 saturated carbocycles. The number of ether oxygens (including phenoxy) is 2. The highest BCUT2D eigenvalue weighted by Crippen LogP contribution is 2.21. The molecule has 0 spiro atoms. The first kappa shape index (κ1) is 21.0. The summed E-state index contributed by atoms with van der Waals surface area (Å²) in [6.07, 6.45) is -1.15. The number of nitrogens with zero attached hydrogens (tertiary/aromatic N) is 1. The third-order valence-electron chi connectivity index (χ3n) is 4.26. The number of carbonyl (C=O) groups excluding carboxylic acids is 1. The Morgan fingerprint density at radius 3 is 2.63 bits per heavy atom. The maximum Gasteiger partial charge on any atom is 0.254 e. The van der Waals surface area contributed by atoms with E-state index >= 15 is 0 Å². The van der Waals surface area contributed by atoms with E-state index in [4.69, 9.17) is 9.47 Å². The maximum atomic E-state index is 12.8. The average molecular weight is 393 g/mol. The van der Waals surface area contributed by atoms with E-state index in [0.717, 1.165) is 6.54 Å². The number of β-amino-alcohol motifs (C(OH)–C–C–N with tert-alkyl or cyclic N) is 1. The summed E-state index contributed by atoms with van der Waals surface area (Å²) < 4.78 is 11.4. The normalized spacial score (nSPS) is 18.7. The van der Waals surface area contributed by atoms with Crippen LogP contribution >= 0.6 is 12.4 Å². The minimum absolute atomic E-state index is 0. The molecule has 0 aliphatic carbocycles. The van der Waals surface area contributed by atoms with E-state index < -0.39 is 12.2 Å². The van der Waals surface area contributed by atoms with Crippen LogP contribution in [-0.2, 0) is 0 Å². The van der Waals surface area contributed by atoms with Crippen LogP contribution in [0.5, 0.6) is 11.5 Å². The number of likely N-dealkylation sites (tertiary alicyclic amines) is 1. The van der Waals surface area contributed by atoms with Crippen molar-refractivity contribution in [1.29, 1.82) is 0 Å². The van der Waals surface area contributed by atoms with E-state index in [1.807, 2.05) is 43.4 Å². The maximum absolute atomic E-state index is 12.8. The lowest BCUT2D eigenvalue weighted by Gasteiger charge is -2.17. The van der Waals surface area contributed by atoms with E-state index in [1.54, 1.807) is 23.1 Å². The molecule has 2 aromatic carbocycles. The Morgan fingerprint density at radius 1 is 1.15 bits per heavy atom. The van der Waals surface area contributed by atoms with Crippen LogP contribution in [0.3, 0.4) is 0 Å². The molecule has 3 rings (SSSR count). The molecule has 0 bridgehead atoms. The van der Waals surface area contributed by atoms with Gasteiger partial charge in [-0.25, -0.2) is 0 Å². The molecule has 2 N–H and O–H groups in total. The fourth-order valence-corrected chi connectivity index (χ4v) is 2.88. The number of hydrogen-bond acceptors (Lipinski definition) is 5. The van der Waals surface area contributed by atoms with Crippen molar-refractivity contribution in [2.24, 2.45) is 0 Å². The highest BCUT2D eigenvalue weighted by atomic mass is 35.5. The minimum atomic E-state index is -0.714. The molecule has 0 unspecified atom stereocenters. The summed E-state index contributed by atoms with van der Waals surface area (Å²) in [6.45, 7) is 1.86. The van der Waals surface area contributed by atoms with Gasteiger partial charge in [0.2, 0.25) is 0 Å². The van der Waals surface area contributed by atoms with Crippen molar-refractivity contribution < 1.29 is 19.4 Å². The van der Waals surface area contributed by atoms with Gasteiger partial charge >= 0.3 is 0 Å². The lowest BCUT2D eigenvalue weighted by molar-refractivity contribution is 0.0729.